The van der Waals surface area contributed by atoms with Gasteiger partial charge >= 0.3 is 0 Å². The summed E-state index contributed by atoms with van der Waals surface area (Å²) in [7, 11) is 0. The van der Waals surface area contributed by atoms with Crippen LogP contribution >= 0.6 is 50.6 Å². The van der Waals surface area contributed by atoms with E-state index in [1.165, 1.54) is 23.1 Å². The quantitative estimate of drug-likeness (QED) is 0.198. The van der Waals surface area contributed by atoms with Gasteiger partial charge in [-0.05, 0) is 30.3 Å². The topological polar surface area (TPSA) is 59.1 Å². The lowest BCUT2D eigenvalue weighted by atomic mass is 10.0. The van der Waals surface area contributed by atoms with Crippen LogP contribution in [0.1, 0.15) is 15.9 Å². The number of rotatable bonds is 7. The molecule has 0 aliphatic heterocycles. The summed E-state index contributed by atoms with van der Waals surface area (Å²) in [5.74, 6) is -0.246. The molecule has 160 valence electrons. The molecule has 1 aromatic heterocycles. The van der Waals surface area contributed by atoms with Gasteiger partial charge in [0.05, 0.1) is 17.1 Å². The van der Waals surface area contributed by atoms with Crippen LogP contribution < -0.4 is 5.32 Å². The molecule has 0 saturated carbocycles. The van der Waals surface area contributed by atoms with Gasteiger partial charge in [-0.15, -0.1) is 11.3 Å². The molecule has 8 heteroatoms. The van der Waals surface area contributed by atoms with Crippen molar-refractivity contribution in [3.63, 3.8) is 0 Å². The van der Waals surface area contributed by atoms with Gasteiger partial charge in [0.1, 0.15) is 0 Å². The summed E-state index contributed by atoms with van der Waals surface area (Å²) in [6.07, 6.45) is 0. The van der Waals surface area contributed by atoms with Gasteiger partial charge in [0, 0.05) is 31.6 Å². The highest BCUT2D eigenvalue weighted by atomic mass is 79.9. The van der Waals surface area contributed by atoms with Crippen LogP contribution in [0, 0.1) is 0 Å². The summed E-state index contributed by atoms with van der Waals surface area (Å²) in [4.78, 5) is 30.1. The number of ketones is 1. The van der Waals surface area contributed by atoms with Crippen molar-refractivity contribution < 1.29 is 9.59 Å². The highest BCUT2D eigenvalue weighted by Crippen LogP contribution is 2.29. The Balaban J connectivity index is 1.43. The number of aromatic nitrogens is 1. The first-order chi connectivity index (χ1) is 15.5. The number of benzene rings is 3. The summed E-state index contributed by atoms with van der Waals surface area (Å²) >= 11 is 12.4. The molecule has 0 aliphatic carbocycles. The standard InChI is InChI=1S/C24H16BrClN2O2S2/c25-17-8-6-15(7-9-17)21-13-31-24(28-21)32-14-22(29)27-20-11-10-18(26)12-19(20)23(30)16-4-2-1-3-5-16/h1-13H,14H2,(H,27,29). The highest BCUT2D eigenvalue weighted by Gasteiger charge is 2.16. The maximum absolute atomic E-state index is 12.9. The van der Waals surface area contributed by atoms with Crippen LogP contribution in [0.4, 0.5) is 5.69 Å². The average molecular weight is 544 g/mol. The summed E-state index contributed by atoms with van der Waals surface area (Å²) < 4.78 is 1.81. The molecular weight excluding hydrogens is 528 g/mol. The van der Waals surface area contributed by atoms with Gasteiger partial charge < -0.3 is 5.32 Å². The smallest absolute Gasteiger partial charge is 0.234 e. The Kier molecular flexibility index (Phi) is 7.42. The molecule has 1 amide bonds. The third-order valence-corrected chi connectivity index (χ3v) is 7.27. The number of nitrogens with one attached hydrogen (secondary N) is 1. The van der Waals surface area contributed by atoms with Crippen molar-refractivity contribution in [3.8, 4) is 11.3 Å². The number of thiazole rings is 1. The Morgan fingerprint density at radius 2 is 1.78 bits per heavy atom. The van der Waals surface area contributed by atoms with Gasteiger partial charge in [0.25, 0.3) is 0 Å². The average Bonchev–Trinajstić information content (AvgIpc) is 3.28. The van der Waals surface area contributed by atoms with Gasteiger partial charge in [-0.3, -0.25) is 9.59 Å². The summed E-state index contributed by atoms with van der Waals surface area (Å²) in [5, 5.41) is 5.24. The number of hydrogen-bond donors (Lipinski definition) is 1. The molecular formula is C24H16BrClN2O2S2. The van der Waals surface area contributed by atoms with Crippen molar-refractivity contribution in [1.82, 2.24) is 4.98 Å². The van der Waals surface area contributed by atoms with Crippen LogP contribution in [0.2, 0.25) is 5.02 Å². The lowest BCUT2D eigenvalue weighted by molar-refractivity contribution is -0.113. The molecule has 0 bridgehead atoms. The van der Waals surface area contributed by atoms with Crippen LogP contribution in [0.15, 0.2) is 87.0 Å². The fraction of sp³-hybridized carbons (Fsp3) is 0.0417. The Morgan fingerprint density at radius 3 is 2.53 bits per heavy atom. The van der Waals surface area contributed by atoms with E-state index >= 15 is 0 Å². The third-order valence-electron chi connectivity index (χ3n) is 4.49. The van der Waals surface area contributed by atoms with Crippen LogP contribution in [0.3, 0.4) is 0 Å². The van der Waals surface area contributed by atoms with Gasteiger partial charge in [-0.1, -0.05) is 81.8 Å². The molecule has 1 N–H and O–H groups in total. The second-order valence-corrected chi connectivity index (χ2v) is 10.2. The van der Waals surface area contributed by atoms with E-state index in [0.717, 1.165) is 20.1 Å². The Bertz CT molecular complexity index is 1260. The zero-order valence-electron chi connectivity index (χ0n) is 16.5. The maximum Gasteiger partial charge on any atom is 0.234 e. The Labute approximate surface area is 207 Å². The molecule has 0 radical (unpaired) electrons. The molecule has 4 nitrogen and oxygen atoms in total. The van der Waals surface area contributed by atoms with Gasteiger partial charge in [-0.25, -0.2) is 4.98 Å². The zero-order valence-corrected chi connectivity index (χ0v) is 20.5. The number of hydrogen-bond acceptors (Lipinski definition) is 5. The second kappa shape index (κ2) is 10.4. The molecule has 4 aromatic rings. The SMILES string of the molecule is O=C(CSc1nc(-c2ccc(Br)cc2)cs1)Nc1ccc(Cl)cc1C(=O)c1ccccc1. The van der Waals surface area contributed by atoms with E-state index in [1.807, 2.05) is 35.7 Å². The molecule has 0 unspecified atom stereocenters. The normalized spacial score (nSPS) is 10.7. The molecule has 3 aromatic carbocycles. The molecule has 0 aliphatic rings. The van der Waals surface area contributed by atoms with Crippen LogP contribution in [0.5, 0.6) is 0 Å². The number of thioether (sulfide) groups is 1. The third kappa shape index (κ3) is 5.66. The number of amides is 1. The Hall–Kier alpha value is -2.45. The zero-order chi connectivity index (χ0) is 22.5. The number of carbonyl (C=O) groups excluding carboxylic acids is 2. The van der Waals surface area contributed by atoms with Gasteiger partial charge in [0.2, 0.25) is 5.91 Å². The number of anilines is 1. The minimum Gasteiger partial charge on any atom is -0.325 e. The minimum absolute atomic E-state index is 0.175. The monoisotopic (exact) mass is 542 g/mol. The van der Waals surface area contributed by atoms with Gasteiger partial charge in [-0.2, -0.15) is 0 Å². The van der Waals surface area contributed by atoms with Crippen LogP contribution in [-0.4, -0.2) is 22.4 Å². The van der Waals surface area contributed by atoms with E-state index in [1.54, 1.807) is 42.5 Å². The summed E-state index contributed by atoms with van der Waals surface area (Å²) in [6, 6.07) is 21.7. The second-order valence-electron chi connectivity index (χ2n) is 6.73. The van der Waals surface area contributed by atoms with Crippen molar-refractivity contribution in [2.75, 3.05) is 11.1 Å². The fourth-order valence-electron chi connectivity index (χ4n) is 2.95. The molecule has 32 heavy (non-hydrogen) atoms. The highest BCUT2D eigenvalue weighted by molar-refractivity contribution is 9.10. The molecule has 0 atom stereocenters. The summed E-state index contributed by atoms with van der Waals surface area (Å²) in [5.41, 5.74) is 3.21. The predicted molar refractivity (Wildman–Crippen MR) is 136 cm³/mol. The van der Waals surface area contributed by atoms with Crippen LogP contribution in [-0.2, 0) is 4.79 Å². The van der Waals surface area contributed by atoms with Crippen molar-refractivity contribution >= 4 is 68.0 Å². The lowest BCUT2D eigenvalue weighted by Crippen LogP contribution is -2.17. The van der Waals surface area contributed by atoms with E-state index in [-0.39, 0.29) is 17.4 Å². The molecule has 0 fully saturated rings. The van der Waals surface area contributed by atoms with Crippen molar-refractivity contribution in [2.24, 2.45) is 0 Å². The largest absolute Gasteiger partial charge is 0.325 e. The van der Waals surface area contributed by atoms with E-state index < -0.39 is 0 Å². The predicted octanol–water partition coefficient (Wildman–Crippen LogP) is 7.19. The van der Waals surface area contributed by atoms with Crippen molar-refractivity contribution in [2.45, 2.75) is 4.34 Å². The van der Waals surface area contributed by atoms with Crippen molar-refractivity contribution in [1.29, 1.82) is 0 Å². The lowest BCUT2D eigenvalue weighted by Gasteiger charge is -2.11. The van der Waals surface area contributed by atoms with Gasteiger partial charge in [0.15, 0.2) is 10.1 Å². The molecule has 0 spiro atoms. The number of nitrogens with zero attached hydrogens (tertiary/aromatic N) is 1. The number of carbonyl (C=O) groups is 2. The Morgan fingerprint density at radius 1 is 1.03 bits per heavy atom. The minimum atomic E-state index is -0.222. The molecule has 0 saturated heterocycles. The first-order valence-electron chi connectivity index (χ1n) is 9.53. The summed E-state index contributed by atoms with van der Waals surface area (Å²) in [6.45, 7) is 0. The molecule has 4 rings (SSSR count). The number of halogens is 2. The first-order valence-corrected chi connectivity index (χ1v) is 12.6. The van der Waals surface area contributed by atoms with E-state index in [9.17, 15) is 9.59 Å². The van der Waals surface area contributed by atoms with E-state index in [0.29, 0.717) is 21.8 Å². The van der Waals surface area contributed by atoms with E-state index in [4.69, 9.17) is 11.6 Å². The fourth-order valence-corrected chi connectivity index (χ4v) is 5.02. The first kappa shape index (κ1) is 22.7. The maximum atomic E-state index is 12.9. The molecule has 1 heterocycles. The van der Waals surface area contributed by atoms with Crippen molar-refractivity contribution in [3.05, 3.63) is 98.8 Å². The van der Waals surface area contributed by atoms with Crippen LogP contribution in [0.25, 0.3) is 11.3 Å². The van der Waals surface area contributed by atoms with E-state index in [2.05, 4.69) is 26.2 Å².